The summed E-state index contributed by atoms with van der Waals surface area (Å²) >= 11 is 1.39. The SMILES string of the molecule is Cc1ccc(-c2csc3ncn(CCC(=O)Nc4ccccc4OC(F)F)c(=O)c23)cc1. The third-order valence-corrected chi connectivity index (χ3v) is 5.77. The van der Waals surface area contributed by atoms with Gasteiger partial charge in [0.2, 0.25) is 5.91 Å². The molecule has 2 heterocycles. The number of ether oxygens (including phenoxy) is 1. The topological polar surface area (TPSA) is 73.2 Å². The van der Waals surface area contributed by atoms with Crippen molar-refractivity contribution in [1.29, 1.82) is 0 Å². The van der Waals surface area contributed by atoms with Gasteiger partial charge < -0.3 is 10.1 Å². The van der Waals surface area contributed by atoms with Crippen molar-refractivity contribution in [2.75, 3.05) is 5.32 Å². The largest absolute Gasteiger partial charge is 0.433 e. The molecule has 0 atom stereocenters. The molecule has 0 saturated heterocycles. The Morgan fingerprint density at radius 2 is 1.94 bits per heavy atom. The zero-order valence-electron chi connectivity index (χ0n) is 17.0. The lowest BCUT2D eigenvalue weighted by atomic mass is 10.1. The number of hydrogen-bond donors (Lipinski definition) is 1. The fraction of sp³-hybridized carbons (Fsp3) is 0.174. The summed E-state index contributed by atoms with van der Waals surface area (Å²) in [7, 11) is 0. The monoisotopic (exact) mass is 455 g/mol. The van der Waals surface area contributed by atoms with Crippen molar-refractivity contribution in [2.45, 2.75) is 26.5 Å². The van der Waals surface area contributed by atoms with Gasteiger partial charge in [0.25, 0.3) is 5.56 Å². The van der Waals surface area contributed by atoms with Crippen LogP contribution < -0.4 is 15.6 Å². The first-order chi connectivity index (χ1) is 15.4. The van der Waals surface area contributed by atoms with Crippen LogP contribution in [0, 0.1) is 6.92 Å². The van der Waals surface area contributed by atoms with Crippen molar-refractivity contribution in [2.24, 2.45) is 0 Å². The molecular formula is C23H19F2N3O3S. The van der Waals surface area contributed by atoms with Crippen LogP contribution in [0.1, 0.15) is 12.0 Å². The van der Waals surface area contributed by atoms with Gasteiger partial charge in [0.05, 0.1) is 17.4 Å². The third kappa shape index (κ3) is 4.67. The zero-order chi connectivity index (χ0) is 22.7. The van der Waals surface area contributed by atoms with Gasteiger partial charge in [-0.3, -0.25) is 14.2 Å². The Bertz CT molecular complexity index is 1320. The highest BCUT2D eigenvalue weighted by Crippen LogP contribution is 2.31. The number of benzene rings is 2. The number of fused-ring (bicyclic) bond motifs is 1. The molecule has 164 valence electrons. The number of alkyl halides is 2. The highest BCUT2D eigenvalue weighted by atomic mass is 32.1. The molecule has 0 fully saturated rings. The van der Waals surface area contributed by atoms with Crippen LogP contribution in [-0.4, -0.2) is 22.1 Å². The lowest BCUT2D eigenvalue weighted by molar-refractivity contribution is -0.116. The number of carbonyl (C=O) groups excluding carboxylic acids is 1. The molecule has 2 aromatic heterocycles. The third-order valence-electron chi connectivity index (χ3n) is 4.88. The molecule has 32 heavy (non-hydrogen) atoms. The predicted molar refractivity (Wildman–Crippen MR) is 120 cm³/mol. The molecule has 0 saturated carbocycles. The Labute approximate surface area is 186 Å². The first-order valence-corrected chi connectivity index (χ1v) is 10.7. The molecule has 1 N–H and O–H groups in total. The molecule has 0 radical (unpaired) electrons. The lowest BCUT2D eigenvalue weighted by Crippen LogP contribution is -2.23. The van der Waals surface area contributed by atoms with Crippen LogP contribution in [0.25, 0.3) is 21.3 Å². The predicted octanol–water partition coefficient (Wildman–Crippen LogP) is 5.06. The van der Waals surface area contributed by atoms with E-state index in [4.69, 9.17) is 0 Å². The van der Waals surface area contributed by atoms with E-state index >= 15 is 0 Å². The number of nitrogens with one attached hydrogen (secondary N) is 1. The van der Waals surface area contributed by atoms with E-state index in [-0.39, 0.29) is 30.0 Å². The molecule has 0 aliphatic rings. The number of nitrogens with zero attached hydrogens (tertiary/aromatic N) is 2. The summed E-state index contributed by atoms with van der Waals surface area (Å²) < 4.78 is 30.9. The molecule has 4 aromatic rings. The van der Waals surface area contributed by atoms with E-state index in [1.165, 1.54) is 40.4 Å². The van der Waals surface area contributed by atoms with Crippen LogP contribution in [0.3, 0.4) is 0 Å². The summed E-state index contributed by atoms with van der Waals surface area (Å²) in [6.45, 7) is -0.917. The molecule has 0 spiro atoms. The highest BCUT2D eigenvalue weighted by molar-refractivity contribution is 7.17. The van der Waals surface area contributed by atoms with Gasteiger partial charge >= 0.3 is 6.61 Å². The Morgan fingerprint density at radius 1 is 1.19 bits per heavy atom. The number of para-hydroxylation sites is 2. The second-order valence-corrected chi connectivity index (χ2v) is 7.97. The van der Waals surface area contributed by atoms with Gasteiger partial charge in [0.15, 0.2) is 0 Å². The minimum atomic E-state index is -3.00. The Hall–Kier alpha value is -3.59. The molecule has 0 unspecified atom stereocenters. The molecule has 6 nitrogen and oxygen atoms in total. The number of aryl methyl sites for hydroxylation is 2. The number of amides is 1. The lowest BCUT2D eigenvalue weighted by Gasteiger charge is -2.12. The van der Waals surface area contributed by atoms with Gasteiger partial charge in [-0.05, 0) is 24.6 Å². The van der Waals surface area contributed by atoms with Crippen molar-refractivity contribution in [1.82, 2.24) is 9.55 Å². The Kier molecular flexibility index (Phi) is 6.27. The van der Waals surface area contributed by atoms with E-state index in [0.717, 1.165) is 16.7 Å². The quantitative estimate of drug-likeness (QED) is 0.423. The first-order valence-electron chi connectivity index (χ1n) is 9.80. The van der Waals surface area contributed by atoms with E-state index in [1.807, 2.05) is 36.6 Å². The zero-order valence-corrected chi connectivity index (χ0v) is 17.9. The molecule has 1 amide bonds. The fourth-order valence-corrected chi connectivity index (χ4v) is 4.18. The summed E-state index contributed by atoms with van der Waals surface area (Å²) in [6, 6.07) is 13.8. The summed E-state index contributed by atoms with van der Waals surface area (Å²) in [5.41, 5.74) is 2.75. The van der Waals surface area contributed by atoms with Crippen molar-refractivity contribution in [3.8, 4) is 16.9 Å². The van der Waals surface area contributed by atoms with Gasteiger partial charge in [0.1, 0.15) is 10.6 Å². The van der Waals surface area contributed by atoms with Crippen LogP contribution >= 0.6 is 11.3 Å². The number of thiophene rings is 1. The maximum absolute atomic E-state index is 13.1. The molecular weight excluding hydrogens is 436 g/mol. The van der Waals surface area contributed by atoms with Crippen LogP contribution in [0.5, 0.6) is 5.75 Å². The summed E-state index contributed by atoms with van der Waals surface area (Å²) in [4.78, 5) is 30.5. The summed E-state index contributed by atoms with van der Waals surface area (Å²) in [6.07, 6.45) is 1.38. The van der Waals surface area contributed by atoms with Crippen molar-refractivity contribution >= 4 is 33.1 Å². The number of rotatable bonds is 7. The van der Waals surface area contributed by atoms with Crippen molar-refractivity contribution in [3.05, 3.63) is 76.2 Å². The maximum atomic E-state index is 13.1. The molecule has 2 aromatic carbocycles. The number of hydrogen-bond acceptors (Lipinski definition) is 5. The average molecular weight is 455 g/mol. The van der Waals surface area contributed by atoms with Crippen LogP contribution in [0.4, 0.5) is 14.5 Å². The molecule has 0 aliphatic carbocycles. The molecule has 0 bridgehead atoms. The summed E-state index contributed by atoms with van der Waals surface area (Å²) in [5, 5.41) is 4.96. The number of carbonyl (C=O) groups is 1. The van der Waals surface area contributed by atoms with Gasteiger partial charge in [0, 0.05) is 23.9 Å². The minimum absolute atomic E-state index is 0.0416. The van der Waals surface area contributed by atoms with Crippen molar-refractivity contribution < 1.29 is 18.3 Å². The Balaban J connectivity index is 1.52. The van der Waals surface area contributed by atoms with Gasteiger partial charge in [-0.25, -0.2) is 4.98 Å². The van der Waals surface area contributed by atoms with Crippen LogP contribution in [-0.2, 0) is 11.3 Å². The summed E-state index contributed by atoms with van der Waals surface area (Å²) in [5.74, 6) is -0.566. The van der Waals surface area contributed by atoms with Gasteiger partial charge in [-0.1, -0.05) is 42.0 Å². The van der Waals surface area contributed by atoms with E-state index in [2.05, 4.69) is 15.0 Å². The van der Waals surface area contributed by atoms with Gasteiger partial charge in [-0.2, -0.15) is 8.78 Å². The van der Waals surface area contributed by atoms with Gasteiger partial charge in [-0.15, -0.1) is 11.3 Å². The van der Waals surface area contributed by atoms with E-state index < -0.39 is 12.5 Å². The maximum Gasteiger partial charge on any atom is 0.387 e. The Morgan fingerprint density at radius 3 is 2.69 bits per heavy atom. The normalized spacial score (nSPS) is 11.1. The molecule has 0 aliphatic heterocycles. The van der Waals surface area contributed by atoms with Crippen LogP contribution in [0.15, 0.2) is 65.0 Å². The number of aromatic nitrogens is 2. The standard InChI is InChI=1S/C23H19F2N3O3S/c1-14-6-8-15(9-7-14)16-12-32-21-20(16)22(30)28(13-26-21)11-10-19(29)27-17-4-2-3-5-18(17)31-23(24)25/h2-9,12-13,23H,10-11H2,1H3,(H,27,29). The van der Waals surface area contributed by atoms with E-state index in [9.17, 15) is 18.4 Å². The number of halogens is 2. The average Bonchev–Trinajstić information content (AvgIpc) is 3.20. The van der Waals surface area contributed by atoms with E-state index in [1.54, 1.807) is 6.07 Å². The minimum Gasteiger partial charge on any atom is -0.433 e. The fourth-order valence-electron chi connectivity index (χ4n) is 3.28. The van der Waals surface area contributed by atoms with E-state index in [0.29, 0.717) is 10.2 Å². The second-order valence-electron chi connectivity index (χ2n) is 7.11. The molecule has 4 rings (SSSR count). The van der Waals surface area contributed by atoms with Crippen LogP contribution in [0.2, 0.25) is 0 Å². The first kappa shape index (κ1) is 21.6. The smallest absolute Gasteiger partial charge is 0.387 e. The number of anilines is 1. The highest BCUT2D eigenvalue weighted by Gasteiger charge is 2.15. The van der Waals surface area contributed by atoms with Crippen molar-refractivity contribution in [3.63, 3.8) is 0 Å². The molecule has 9 heteroatoms. The second kappa shape index (κ2) is 9.27.